The van der Waals surface area contributed by atoms with Gasteiger partial charge in [0.15, 0.2) is 0 Å². The second-order valence-corrected chi connectivity index (χ2v) is 6.66. The van der Waals surface area contributed by atoms with Crippen molar-refractivity contribution in [2.45, 2.75) is 51.5 Å². The Kier molecular flexibility index (Phi) is 5.47. The number of rotatable bonds is 6. The number of halogens is 1. The Morgan fingerprint density at radius 2 is 2.10 bits per heavy atom. The number of hydrogen-bond donors (Lipinski definition) is 2. The van der Waals surface area contributed by atoms with Crippen LogP contribution in [0.4, 0.5) is 0 Å². The molecule has 3 N–H and O–H groups in total. The van der Waals surface area contributed by atoms with Crippen molar-refractivity contribution in [2.75, 3.05) is 7.11 Å². The third kappa shape index (κ3) is 3.18. The molecule has 1 unspecified atom stereocenters. The molecule has 0 aromatic heterocycles. The molecule has 1 aliphatic carbocycles. The summed E-state index contributed by atoms with van der Waals surface area (Å²) in [6, 6.07) is 6.45. The molecule has 1 aromatic carbocycles. The third-order valence-corrected chi connectivity index (χ3v) is 5.69. The summed E-state index contributed by atoms with van der Waals surface area (Å²) in [4.78, 5) is 0. The summed E-state index contributed by atoms with van der Waals surface area (Å²) >= 11 is 3.64. The summed E-state index contributed by atoms with van der Waals surface area (Å²) in [7, 11) is 1.70. The van der Waals surface area contributed by atoms with Crippen molar-refractivity contribution in [3.8, 4) is 5.75 Å². The Bertz CT molecular complexity index is 444. The molecule has 1 saturated carbocycles. The number of ether oxygens (including phenoxy) is 1. The highest BCUT2D eigenvalue weighted by molar-refractivity contribution is 9.10. The van der Waals surface area contributed by atoms with Gasteiger partial charge in [0.05, 0.1) is 7.11 Å². The normalized spacial score (nSPS) is 19.0. The first-order valence-electron chi connectivity index (χ1n) is 7.43. The lowest BCUT2D eigenvalue weighted by Gasteiger charge is -2.37. The van der Waals surface area contributed by atoms with Crippen molar-refractivity contribution in [3.05, 3.63) is 28.2 Å². The first kappa shape index (κ1) is 15.8. The fourth-order valence-electron chi connectivity index (χ4n) is 3.53. The van der Waals surface area contributed by atoms with Gasteiger partial charge in [-0.25, -0.2) is 0 Å². The van der Waals surface area contributed by atoms with Crippen LogP contribution in [-0.4, -0.2) is 13.2 Å². The molecular formula is C16H25BrN2O. The van der Waals surface area contributed by atoms with E-state index >= 15 is 0 Å². The Morgan fingerprint density at radius 1 is 1.40 bits per heavy atom. The predicted octanol–water partition coefficient (Wildman–Crippen LogP) is 3.80. The molecular weight excluding hydrogens is 316 g/mol. The maximum Gasteiger partial charge on any atom is 0.119 e. The number of hydrazine groups is 1. The van der Waals surface area contributed by atoms with Crippen molar-refractivity contribution < 1.29 is 4.74 Å². The van der Waals surface area contributed by atoms with E-state index in [-0.39, 0.29) is 0 Å². The maximum absolute atomic E-state index is 5.89. The van der Waals surface area contributed by atoms with Gasteiger partial charge in [0, 0.05) is 10.5 Å². The quantitative estimate of drug-likeness (QED) is 0.611. The number of nitrogens with two attached hydrogens (primary N) is 1. The highest BCUT2D eigenvalue weighted by Crippen LogP contribution is 2.45. The van der Waals surface area contributed by atoms with Crippen molar-refractivity contribution in [1.82, 2.24) is 5.43 Å². The Balaban J connectivity index is 2.21. The summed E-state index contributed by atoms with van der Waals surface area (Å²) < 4.78 is 6.46. The Morgan fingerprint density at radius 3 is 2.65 bits per heavy atom. The molecule has 1 aliphatic rings. The van der Waals surface area contributed by atoms with Crippen molar-refractivity contribution in [3.63, 3.8) is 0 Å². The highest BCUT2D eigenvalue weighted by Gasteiger charge is 2.39. The van der Waals surface area contributed by atoms with Gasteiger partial charge in [0.25, 0.3) is 0 Å². The first-order chi connectivity index (χ1) is 9.65. The summed E-state index contributed by atoms with van der Waals surface area (Å²) in [5, 5.41) is 0. The van der Waals surface area contributed by atoms with Gasteiger partial charge >= 0.3 is 0 Å². The van der Waals surface area contributed by atoms with Crippen LogP contribution in [0.3, 0.4) is 0 Å². The minimum atomic E-state index is 0.318. The van der Waals surface area contributed by atoms with Gasteiger partial charge in [-0.3, -0.25) is 11.3 Å². The van der Waals surface area contributed by atoms with E-state index in [1.807, 2.05) is 6.07 Å². The summed E-state index contributed by atoms with van der Waals surface area (Å²) in [6.07, 6.45) is 7.32. The molecule has 0 aliphatic heterocycles. The Labute approximate surface area is 130 Å². The average molecular weight is 341 g/mol. The van der Waals surface area contributed by atoms with E-state index in [9.17, 15) is 0 Å². The van der Waals surface area contributed by atoms with Gasteiger partial charge < -0.3 is 4.74 Å². The van der Waals surface area contributed by atoms with Gasteiger partial charge in [-0.05, 0) is 54.9 Å². The molecule has 3 nitrogen and oxygen atoms in total. The molecule has 0 saturated heterocycles. The van der Waals surface area contributed by atoms with Crippen LogP contribution >= 0.6 is 15.9 Å². The smallest absolute Gasteiger partial charge is 0.119 e. The summed E-state index contributed by atoms with van der Waals surface area (Å²) in [6.45, 7) is 2.29. The van der Waals surface area contributed by atoms with Crippen LogP contribution in [0.25, 0.3) is 0 Å². The second-order valence-electron chi connectivity index (χ2n) is 5.80. The molecule has 4 heteroatoms. The van der Waals surface area contributed by atoms with Crippen LogP contribution in [0.15, 0.2) is 22.7 Å². The summed E-state index contributed by atoms with van der Waals surface area (Å²) in [5.74, 6) is 6.78. The van der Waals surface area contributed by atoms with Crippen molar-refractivity contribution >= 4 is 15.9 Å². The molecule has 1 fully saturated rings. The third-order valence-electron chi connectivity index (χ3n) is 4.92. The predicted molar refractivity (Wildman–Crippen MR) is 86.7 cm³/mol. The van der Waals surface area contributed by atoms with E-state index in [4.69, 9.17) is 10.6 Å². The first-order valence-corrected chi connectivity index (χ1v) is 8.23. The molecule has 0 heterocycles. The zero-order valence-electron chi connectivity index (χ0n) is 12.4. The second kappa shape index (κ2) is 6.92. The van der Waals surface area contributed by atoms with Gasteiger partial charge in [-0.2, -0.15) is 0 Å². The van der Waals surface area contributed by atoms with E-state index in [0.29, 0.717) is 11.5 Å². The lowest BCUT2D eigenvalue weighted by Crippen LogP contribution is -2.48. The number of methoxy groups -OCH3 is 1. The number of benzene rings is 1. The molecule has 20 heavy (non-hydrogen) atoms. The molecule has 1 aromatic rings. The molecule has 0 radical (unpaired) electrons. The number of hydrogen-bond acceptors (Lipinski definition) is 3. The van der Waals surface area contributed by atoms with Gasteiger partial charge in [0.2, 0.25) is 0 Å². The molecule has 112 valence electrons. The fraction of sp³-hybridized carbons (Fsp3) is 0.625. The van der Waals surface area contributed by atoms with Gasteiger partial charge in [0.1, 0.15) is 5.75 Å². The fourth-order valence-corrected chi connectivity index (χ4v) is 3.94. The van der Waals surface area contributed by atoms with Crippen LogP contribution in [0, 0.1) is 5.41 Å². The summed E-state index contributed by atoms with van der Waals surface area (Å²) in [5.41, 5.74) is 4.69. The molecule has 0 bridgehead atoms. The highest BCUT2D eigenvalue weighted by atomic mass is 79.9. The lowest BCUT2D eigenvalue weighted by atomic mass is 9.74. The number of nitrogens with one attached hydrogen (secondary N) is 1. The van der Waals surface area contributed by atoms with Crippen LogP contribution in [0.5, 0.6) is 5.75 Å². The zero-order chi connectivity index (χ0) is 14.6. The topological polar surface area (TPSA) is 47.3 Å². The minimum Gasteiger partial charge on any atom is -0.497 e. The SMILES string of the molecule is CCC1(C(Cc2cc(OC)ccc2Br)NN)CCCC1. The van der Waals surface area contributed by atoms with Gasteiger partial charge in [-0.15, -0.1) is 0 Å². The van der Waals surface area contributed by atoms with E-state index in [1.54, 1.807) is 7.11 Å². The standard InChI is InChI=1S/C16H25BrN2O/c1-3-16(8-4-5-9-16)15(19-18)11-12-10-13(20-2)6-7-14(12)17/h6-7,10,15,19H,3-5,8-9,11,18H2,1-2H3. The minimum absolute atomic E-state index is 0.318. The lowest BCUT2D eigenvalue weighted by molar-refractivity contribution is 0.185. The largest absolute Gasteiger partial charge is 0.497 e. The molecule has 0 spiro atoms. The molecule has 2 rings (SSSR count). The Hall–Kier alpha value is -0.580. The van der Waals surface area contributed by atoms with Crippen LogP contribution in [0.2, 0.25) is 0 Å². The van der Waals surface area contributed by atoms with Crippen LogP contribution in [0.1, 0.15) is 44.6 Å². The van der Waals surface area contributed by atoms with Crippen molar-refractivity contribution in [2.24, 2.45) is 11.3 Å². The van der Waals surface area contributed by atoms with E-state index < -0.39 is 0 Å². The van der Waals surface area contributed by atoms with Crippen LogP contribution < -0.4 is 16.0 Å². The monoisotopic (exact) mass is 340 g/mol. The zero-order valence-corrected chi connectivity index (χ0v) is 14.0. The van der Waals surface area contributed by atoms with E-state index in [0.717, 1.165) is 16.6 Å². The van der Waals surface area contributed by atoms with E-state index in [2.05, 4.69) is 40.4 Å². The maximum atomic E-state index is 5.89. The van der Waals surface area contributed by atoms with Gasteiger partial charge in [-0.1, -0.05) is 35.7 Å². The average Bonchev–Trinajstić information content (AvgIpc) is 2.96. The molecule has 0 amide bonds. The van der Waals surface area contributed by atoms with Crippen LogP contribution in [-0.2, 0) is 6.42 Å². The van der Waals surface area contributed by atoms with Crippen molar-refractivity contribution in [1.29, 1.82) is 0 Å². The molecule has 1 atom stereocenters. The van der Waals surface area contributed by atoms with E-state index in [1.165, 1.54) is 37.7 Å².